The van der Waals surface area contributed by atoms with Crippen molar-refractivity contribution in [1.29, 1.82) is 0 Å². The van der Waals surface area contributed by atoms with Crippen molar-refractivity contribution in [1.82, 2.24) is 5.32 Å². The summed E-state index contributed by atoms with van der Waals surface area (Å²) >= 11 is 0. The van der Waals surface area contributed by atoms with Gasteiger partial charge in [-0.1, -0.05) is 24.3 Å². The fraction of sp³-hybridized carbons (Fsp3) is 0.167. The van der Waals surface area contributed by atoms with Crippen molar-refractivity contribution in [2.24, 2.45) is 0 Å². The minimum absolute atomic E-state index is 0.221. The molecule has 0 aliphatic heterocycles. The molecule has 132 valence electrons. The van der Waals surface area contributed by atoms with E-state index in [0.29, 0.717) is 12.2 Å². The quantitative estimate of drug-likeness (QED) is 0.743. The number of sulfonamides is 1. The van der Waals surface area contributed by atoms with Gasteiger partial charge in [0, 0.05) is 18.3 Å². The number of methoxy groups -OCH3 is 1. The molecule has 0 aliphatic rings. The molecular weight excluding hydrogens is 340 g/mol. The molecule has 0 atom stereocenters. The predicted molar refractivity (Wildman–Crippen MR) is 98.8 cm³/mol. The number of carbonyl (C=O) groups excluding carboxylic acids is 1. The van der Waals surface area contributed by atoms with E-state index >= 15 is 0 Å². The Morgan fingerprint density at radius 3 is 2.52 bits per heavy atom. The first-order chi connectivity index (χ1) is 11.9. The van der Waals surface area contributed by atoms with Gasteiger partial charge in [-0.25, -0.2) is 8.42 Å². The van der Waals surface area contributed by atoms with Gasteiger partial charge in [0.15, 0.2) is 0 Å². The highest BCUT2D eigenvalue weighted by Gasteiger charge is 2.01. The van der Waals surface area contributed by atoms with Crippen LogP contribution in [0.15, 0.2) is 54.6 Å². The second-order valence-corrected chi connectivity index (χ2v) is 7.15. The first kappa shape index (κ1) is 18.5. The van der Waals surface area contributed by atoms with Crippen LogP contribution in [-0.2, 0) is 21.4 Å². The Morgan fingerprint density at radius 2 is 1.88 bits per heavy atom. The van der Waals surface area contributed by atoms with Crippen LogP contribution in [0.1, 0.15) is 11.1 Å². The van der Waals surface area contributed by atoms with Gasteiger partial charge in [-0.05, 0) is 41.5 Å². The van der Waals surface area contributed by atoms with E-state index in [1.807, 2.05) is 24.3 Å². The molecule has 0 saturated carbocycles. The Balaban J connectivity index is 1.89. The number of benzene rings is 2. The number of rotatable bonds is 7. The van der Waals surface area contributed by atoms with Crippen LogP contribution in [0.2, 0.25) is 0 Å². The van der Waals surface area contributed by atoms with Crippen molar-refractivity contribution in [3.8, 4) is 5.75 Å². The molecule has 0 heterocycles. The van der Waals surface area contributed by atoms with E-state index in [-0.39, 0.29) is 5.91 Å². The van der Waals surface area contributed by atoms with Crippen molar-refractivity contribution in [3.05, 3.63) is 65.7 Å². The molecule has 2 rings (SSSR count). The number of amides is 1. The smallest absolute Gasteiger partial charge is 0.244 e. The van der Waals surface area contributed by atoms with Crippen molar-refractivity contribution >= 4 is 27.7 Å². The molecule has 0 aromatic heterocycles. The molecule has 6 nitrogen and oxygen atoms in total. The largest absolute Gasteiger partial charge is 0.497 e. The van der Waals surface area contributed by atoms with Gasteiger partial charge in [0.25, 0.3) is 0 Å². The van der Waals surface area contributed by atoms with Gasteiger partial charge < -0.3 is 10.1 Å². The highest BCUT2D eigenvalue weighted by molar-refractivity contribution is 7.92. The molecule has 0 bridgehead atoms. The van der Waals surface area contributed by atoms with E-state index in [0.717, 1.165) is 23.1 Å². The van der Waals surface area contributed by atoms with Crippen molar-refractivity contribution in [2.75, 3.05) is 18.1 Å². The lowest BCUT2D eigenvalue weighted by Gasteiger charge is -2.05. The first-order valence-corrected chi connectivity index (χ1v) is 9.41. The molecule has 7 heteroatoms. The average molecular weight is 360 g/mol. The maximum absolute atomic E-state index is 11.9. The second kappa shape index (κ2) is 8.34. The van der Waals surface area contributed by atoms with Crippen LogP contribution in [0.25, 0.3) is 6.08 Å². The highest BCUT2D eigenvalue weighted by atomic mass is 32.2. The third-order valence-electron chi connectivity index (χ3n) is 3.24. The van der Waals surface area contributed by atoms with Gasteiger partial charge >= 0.3 is 0 Å². The number of nitrogens with one attached hydrogen (secondary N) is 2. The third kappa shape index (κ3) is 6.68. The fourth-order valence-corrected chi connectivity index (χ4v) is 2.64. The van der Waals surface area contributed by atoms with Crippen LogP contribution in [0.3, 0.4) is 0 Å². The van der Waals surface area contributed by atoms with Crippen molar-refractivity contribution in [2.45, 2.75) is 6.54 Å². The maximum Gasteiger partial charge on any atom is 0.244 e. The summed E-state index contributed by atoms with van der Waals surface area (Å²) in [5.74, 6) is 0.520. The Hall–Kier alpha value is -2.80. The number of carbonyl (C=O) groups is 1. The molecule has 1 amide bonds. The van der Waals surface area contributed by atoms with Crippen molar-refractivity contribution in [3.63, 3.8) is 0 Å². The zero-order valence-corrected chi connectivity index (χ0v) is 14.8. The lowest BCUT2D eigenvalue weighted by molar-refractivity contribution is -0.116. The Morgan fingerprint density at radius 1 is 1.16 bits per heavy atom. The normalized spacial score (nSPS) is 11.3. The number of hydrogen-bond acceptors (Lipinski definition) is 4. The Labute approximate surface area is 147 Å². The van der Waals surface area contributed by atoms with Gasteiger partial charge in [0.05, 0.1) is 13.4 Å². The van der Waals surface area contributed by atoms with Crippen LogP contribution in [0.5, 0.6) is 5.75 Å². The molecule has 25 heavy (non-hydrogen) atoms. The average Bonchev–Trinajstić information content (AvgIpc) is 2.58. The van der Waals surface area contributed by atoms with Crippen LogP contribution >= 0.6 is 0 Å². The van der Waals surface area contributed by atoms with E-state index in [1.54, 1.807) is 37.5 Å². The molecule has 2 N–H and O–H groups in total. The fourth-order valence-electron chi connectivity index (χ4n) is 2.08. The number of ether oxygens (including phenoxy) is 1. The molecule has 0 saturated heterocycles. The topological polar surface area (TPSA) is 84.5 Å². The van der Waals surface area contributed by atoms with Gasteiger partial charge in [0.2, 0.25) is 15.9 Å². The first-order valence-electron chi connectivity index (χ1n) is 7.52. The van der Waals surface area contributed by atoms with Gasteiger partial charge in [-0.2, -0.15) is 0 Å². The van der Waals surface area contributed by atoms with E-state index in [9.17, 15) is 13.2 Å². The molecular formula is C18H20N2O4S. The van der Waals surface area contributed by atoms with Crippen LogP contribution in [0.4, 0.5) is 5.69 Å². The predicted octanol–water partition coefficient (Wildman–Crippen LogP) is 2.40. The van der Waals surface area contributed by atoms with E-state index in [2.05, 4.69) is 10.0 Å². The zero-order valence-electron chi connectivity index (χ0n) is 14.0. The van der Waals surface area contributed by atoms with Crippen LogP contribution < -0.4 is 14.8 Å². The SMILES string of the molecule is COc1cccc(CNC(=O)/C=C/c2ccc(NS(C)(=O)=O)cc2)c1. The van der Waals surface area contributed by atoms with Crippen LogP contribution in [0, 0.1) is 0 Å². The summed E-state index contributed by atoms with van der Waals surface area (Å²) < 4.78 is 29.8. The standard InChI is InChI=1S/C18H20N2O4S/c1-24-17-5-3-4-15(12-17)13-19-18(21)11-8-14-6-9-16(10-7-14)20-25(2,22)23/h3-12,20H,13H2,1-2H3,(H,19,21)/b11-8+. The summed E-state index contributed by atoms with van der Waals surface area (Å²) in [7, 11) is -1.70. The Kier molecular flexibility index (Phi) is 6.19. The van der Waals surface area contributed by atoms with Gasteiger partial charge in [0.1, 0.15) is 5.75 Å². The van der Waals surface area contributed by atoms with Crippen molar-refractivity contribution < 1.29 is 17.9 Å². The van der Waals surface area contributed by atoms with Gasteiger partial charge in [-0.15, -0.1) is 0 Å². The summed E-state index contributed by atoms with van der Waals surface area (Å²) in [4.78, 5) is 11.9. The lowest BCUT2D eigenvalue weighted by atomic mass is 10.2. The second-order valence-electron chi connectivity index (χ2n) is 5.40. The van der Waals surface area contributed by atoms with Gasteiger partial charge in [-0.3, -0.25) is 9.52 Å². The molecule has 0 radical (unpaired) electrons. The third-order valence-corrected chi connectivity index (χ3v) is 3.85. The highest BCUT2D eigenvalue weighted by Crippen LogP contribution is 2.13. The molecule has 0 fully saturated rings. The van der Waals surface area contributed by atoms with E-state index in [4.69, 9.17) is 4.74 Å². The summed E-state index contributed by atoms with van der Waals surface area (Å²) in [5.41, 5.74) is 2.20. The van der Waals surface area contributed by atoms with E-state index in [1.165, 1.54) is 6.08 Å². The maximum atomic E-state index is 11.9. The summed E-state index contributed by atoms with van der Waals surface area (Å²) in [6.07, 6.45) is 4.18. The zero-order chi connectivity index (χ0) is 18.3. The minimum atomic E-state index is -3.30. The molecule has 2 aromatic carbocycles. The summed E-state index contributed by atoms with van der Waals surface area (Å²) in [6, 6.07) is 14.2. The summed E-state index contributed by atoms with van der Waals surface area (Å²) in [6.45, 7) is 0.400. The number of hydrogen-bond donors (Lipinski definition) is 2. The summed E-state index contributed by atoms with van der Waals surface area (Å²) in [5, 5.41) is 2.79. The minimum Gasteiger partial charge on any atom is -0.497 e. The van der Waals surface area contributed by atoms with E-state index < -0.39 is 10.0 Å². The molecule has 2 aromatic rings. The molecule has 0 unspecified atom stereocenters. The Bertz CT molecular complexity index is 859. The molecule has 0 spiro atoms. The molecule has 0 aliphatic carbocycles. The number of anilines is 1. The monoisotopic (exact) mass is 360 g/mol. The van der Waals surface area contributed by atoms with Crippen LogP contribution in [-0.4, -0.2) is 27.7 Å². The lowest BCUT2D eigenvalue weighted by Crippen LogP contribution is -2.20.